The Hall–Kier alpha value is -0.500. The van der Waals surface area contributed by atoms with Gasteiger partial charge in [-0.05, 0) is 31.5 Å². The summed E-state index contributed by atoms with van der Waals surface area (Å²) in [6, 6.07) is 2.95. The third kappa shape index (κ3) is 3.47. The first-order valence-corrected chi connectivity index (χ1v) is 9.26. The minimum Gasteiger partial charge on any atom is -0.316 e. The van der Waals surface area contributed by atoms with Gasteiger partial charge < -0.3 is 5.32 Å². The van der Waals surface area contributed by atoms with Gasteiger partial charge >= 0.3 is 0 Å². The van der Waals surface area contributed by atoms with Gasteiger partial charge in [-0.3, -0.25) is 0 Å². The van der Waals surface area contributed by atoms with E-state index in [1.165, 1.54) is 10.4 Å². The lowest BCUT2D eigenvalue weighted by atomic mass is 10.1. The summed E-state index contributed by atoms with van der Waals surface area (Å²) in [5, 5.41) is 2.85. The number of sulfonamides is 1. The van der Waals surface area contributed by atoms with E-state index in [1.54, 1.807) is 13.1 Å². The molecular weight excluding hydrogens is 359 g/mol. The lowest BCUT2D eigenvalue weighted by Crippen LogP contribution is -2.30. The second-order valence-corrected chi connectivity index (χ2v) is 8.16. The number of benzene rings is 1. The molecule has 7 heteroatoms. The molecule has 0 aliphatic carbocycles. The van der Waals surface area contributed by atoms with Crippen molar-refractivity contribution in [2.75, 3.05) is 20.1 Å². The molecule has 0 radical (unpaired) electrons. The van der Waals surface area contributed by atoms with Crippen LogP contribution in [0.4, 0.5) is 4.39 Å². The summed E-state index contributed by atoms with van der Waals surface area (Å²) < 4.78 is 41.8. The van der Waals surface area contributed by atoms with Gasteiger partial charge in [0.25, 0.3) is 0 Å². The van der Waals surface area contributed by atoms with Gasteiger partial charge in [-0.2, -0.15) is 4.31 Å². The monoisotopic (exact) mass is 378 g/mol. The van der Waals surface area contributed by atoms with Crippen molar-refractivity contribution in [3.8, 4) is 0 Å². The molecule has 1 aliphatic heterocycles. The lowest BCUT2D eigenvalue weighted by molar-refractivity contribution is 0.447. The molecule has 1 N–H and O–H groups in total. The summed E-state index contributed by atoms with van der Waals surface area (Å²) in [5.41, 5.74) is 0.344. The standard InChI is InChI=1S/C14H20BrFN2O2S/c1-3-10-4-5-18(9-10)21(19,20)13-7-12(15)6-11(8-17-2)14(13)16/h6-7,10,17H,3-5,8-9H2,1-2H3. The van der Waals surface area contributed by atoms with Crippen LogP contribution in [0.1, 0.15) is 25.3 Å². The number of halogens is 2. The molecule has 118 valence electrons. The quantitative estimate of drug-likeness (QED) is 0.856. The van der Waals surface area contributed by atoms with Crippen molar-refractivity contribution in [3.63, 3.8) is 0 Å². The Morgan fingerprint density at radius 3 is 2.76 bits per heavy atom. The molecule has 1 aromatic carbocycles. The second kappa shape index (κ2) is 6.73. The number of hydrogen-bond acceptors (Lipinski definition) is 3. The predicted octanol–water partition coefficient (Wildman–Crippen LogP) is 2.73. The van der Waals surface area contributed by atoms with E-state index >= 15 is 0 Å². The molecule has 4 nitrogen and oxygen atoms in total. The van der Waals surface area contributed by atoms with Crippen LogP contribution in [0.2, 0.25) is 0 Å². The highest BCUT2D eigenvalue weighted by Gasteiger charge is 2.34. The molecular formula is C14H20BrFN2O2S. The van der Waals surface area contributed by atoms with Crippen LogP contribution in [0.5, 0.6) is 0 Å². The van der Waals surface area contributed by atoms with E-state index < -0.39 is 15.8 Å². The number of hydrogen-bond donors (Lipinski definition) is 1. The number of nitrogens with one attached hydrogen (secondary N) is 1. The molecule has 0 saturated carbocycles. The summed E-state index contributed by atoms with van der Waals surface area (Å²) in [7, 11) is -2.08. The molecule has 1 aliphatic rings. The summed E-state index contributed by atoms with van der Waals surface area (Å²) >= 11 is 3.27. The zero-order chi connectivity index (χ0) is 15.6. The highest BCUT2D eigenvalue weighted by Crippen LogP contribution is 2.30. The van der Waals surface area contributed by atoms with Crippen LogP contribution in [0.15, 0.2) is 21.5 Å². The van der Waals surface area contributed by atoms with Gasteiger partial charge in [0, 0.05) is 29.7 Å². The Morgan fingerprint density at radius 1 is 1.48 bits per heavy atom. The maximum absolute atomic E-state index is 14.5. The van der Waals surface area contributed by atoms with Gasteiger partial charge in [-0.1, -0.05) is 29.3 Å². The van der Waals surface area contributed by atoms with Crippen molar-refractivity contribution in [2.24, 2.45) is 5.92 Å². The van der Waals surface area contributed by atoms with Crippen molar-refractivity contribution >= 4 is 26.0 Å². The van der Waals surface area contributed by atoms with E-state index in [0.717, 1.165) is 12.8 Å². The van der Waals surface area contributed by atoms with Crippen LogP contribution in [0.25, 0.3) is 0 Å². The molecule has 0 bridgehead atoms. The molecule has 1 aromatic rings. The van der Waals surface area contributed by atoms with Crippen molar-refractivity contribution in [3.05, 3.63) is 28.0 Å². The first kappa shape index (κ1) is 16.9. The topological polar surface area (TPSA) is 49.4 Å². The fourth-order valence-corrected chi connectivity index (χ4v) is 4.93. The van der Waals surface area contributed by atoms with Crippen LogP contribution >= 0.6 is 15.9 Å². The molecule has 1 fully saturated rings. The average Bonchev–Trinajstić information content (AvgIpc) is 2.92. The normalized spacial score (nSPS) is 20.1. The fraction of sp³-hybridized carbons (Fsp3) is 0.571. The van der Waals surface area contributed by atoms with Crippen molar-refractivity contribution < 1.29 is 12.8 Å². The minimum atomic E-state index is -3.78. The molecule has 1 unspecified atom stereocenters. The van der Waals surface area contributed by atoms with Crippen LogP contribution in [-0.4, -0.2) is 32.9 Å². The van der Waals surface area contributed by atoms with E-state index in [2.05, 4.69) is 21.2 Å². The molecule has 0 aromatic heterocycles. The predicted molar refractivity (Wildman–Crippen MR) is 84.0 cm³/mol. The third-order valence-corrected chi connectivity index (χ3v) is 6.21. The fourth-order valence-electron chi connectivity index (χ4n) is 2.61. The number of rotatable bonds is 5. The molecule has 21 heavy (non-hydrogen) atoms. The Kier molecular flexibility index (Phi) is 5.40. The Bertz CT molecular complexity index is 622. The molecule has 1 saturated heterocycles. The molecule has 0 amide bonds. The van der Waals surface area contributed by atoms with E-state index in [4.69, 9.17) is 0 Å². The number of nitrogens with zero attached hydrogens (tertiary/aromatic N) is 1. The zero-order valence-electron chi connectivity index (χ0n) is 12.2. The highest BCUT2D eigenvalue weighted by atomic mass is 79.9. The SMILES string of the molecule is CCC1CCN(S(=O)(=O)c2cc(Br)cc(CNC)c2F)C1. The van der Waals surface area contributed by atoms with Gasteiger partial charge in [0.1, 0.15) is 10.7 Å². The van der Waals surface area contributed by atoms with Gasteiger partial charge in [-0.15, -0.1) is 0 Å². The van der Waals surface area contributed by atoms with E-state index in [9.17, 15) is 12.8 Å². The highest BCUT2D eigenvalue weighted by molar-refractivity contribution is 9.10. The van der Waals surface area contributed by atoms with Crippen molar-refractivity contribution in [2.45, 2.75) is 31.2 Å². The summed E-state index contributed by atoms with van der Waals surface area (Å²) in [4.78, 5) is -0.237. The van der Waals surface area contributed by atoms with Crippen molar-refractivity contribution in [1.82, 2.24) is 9.62 Å². The first-order chi connectivity index (χ1) is 9.90. The van der Waals surface area contributed by atoms with E-state index in [0.29, 0.717) is 29.0 Å². The Labute approximate surface area is 133 Å². The van der Waals surface area contributed by atoms with Gasteiger partial charge in [-0.25, -0.2) is 12.8 Å². The van der Waals surface area contributed by atoms with E-state index in [1.807, 2.05) is 6.92 Å². The maximum Gasteiger partial charge on any atom is 0.246 e. The molecule has 1 heterocycles. The van der Waals surface area contributed by atoms with Crippen LogP contribution in [-0.2, 0) is 16.6 Å². The van der Waals surface area contributed by atoms with Crippen LogP contribution in [0, 0.1) is 11.7 Å². The molecule has 0 spiro atoms. The minimum absolute atomic E-state index is 0.237. The van der Waals surface area contributed by atoms with Gasteiger partial charge in [0.2, 0.25) is 10.0 Å². The smallest absolute Gasteiger partial charge is 0.246 e. The first-order valence-electron chi connectivity index (χ1n) is 7.02. The summed E-state index contributed by atoms with van der Waals surface area (Å²) in [6.45, 7) is 3.27. The third-order valence-electron chi connectivity index (χ3n) is 3.89. The van der Waals surface area contributed by atoms with E-state index in [-0.39, 0.29) is 11.4 Å². The second-order valence-electron chi connectivity index (χ2n) is 5.33. The van der Waals surface area contributed by atoms with Crippen LogP contribution < -0.4 is 5.32 Å². The van der Waals surface area contributed by atoms with Crippen LogP contribution in [0.3, 0.4) is 0 Å². The maximum atomic E-state index is 14.5. The van der Waals surface area contributed by atoms with Crippen molar-refractivity contribution in [1.29, 1.82) is 0 Å². The Morgan fingerprint density at radius 2 is 2.19 bits per heavy atom. The zero-order valence-corrected chi connectivity index (χ0v) is 14.6. The van der Waals surface area contributed by atoms with Gasteiger partial charge in [0.15, 0.2) is 0 Å². The van der Waals surface area contributed by atoms with Gasteiger partial charge in [0.05, 0.1) is 0 Å². The molecule has 2 rings (SSSR count). The Balaban J connectivity index is 2.40. The average molecular weight is 379 g/mol. The largest absolute Gasteiger partial charge is 0.316 e. The summed E-state index contributed by atoms with van der Waals surface area (Å²) in [5.74, 6) is -0.292. The molecule has 1 atom stereocenters. The summed E-state index contributed by atoms with van der Waals surface area (Å²) in [6.07, 6.45) is 1.78. The lowest BCUT2D eigenvalue weighted by Gasteiger charge is -2.18.